The number of hydrogen-bond acceptors (Lipinski definition) is 3. The van der Waals surface area contributed by atoms with Crippen LogP contribution in [0.25, 0.3) is 0 Å². The Balaban J connectivity index is 2.15. The van der Waals surface area contributed by atoms with E-state index in [1.807, 2.05) is 0 Å². The van der Waals surface area contributed by atoms with Crippen LogP contribution in [0.1, 0.15) is 39.5 Å². The molecule has 1 heterocycles. The fourth-order valence-corrected chi connectivity index (χ4v) is 2.76. The Kier molecular flexibility index (Phi) is 3.69. The summed E-state index contributed by atoms with van der Waals surface area (Å²) >= 11 is 0. The molecule has 0 saturated carbocycles. The van der Waals surface area contributed by atoms with Crippen molar-refractivity contribution in [3.63, 3.8) is 0 Å². The smallest absolute Gasteiger partial charge is 0.334 e. The molecule has 0 radical (unpaired) electrons. The highest BCUT2D eigenvalue weighted by atomic mass is 16.5. The lowest BCUT2D eigenvalue weighted by molar-refractivity contribution is -0.137. The molecule has 0 amide bonds. The first-order chi connectivity index (χ1) is 8.49. The van der Waals surface area contributed by atoms with Crippen molar-refractivity contribution in [2.75, 3.05) is 0 Å². The van der Waals surface area contributed by atoms with E-state index in [0.717, 1.165) is 19.3 Å². The van der Waals surface area contributed by atoms with Crippen LogP contribution in [-0.4, -0.2) is 17.9 Å². The molecule has 0 aromatic heterocycles. The van der Waals surface area contributed by atoms with Crippen LogP contribution in [0.4, 0.5) is 0 Å². The number of carbonyl (C=O) groups excluding carboxylic acids is 2. The van der Waals surface area contributed by atoms with Crippen molar-refractivity contribution in [2.45, 2.75) is 45.6 Å². The molecule has 98 valence electrons. The second-order valence-electron chi connectivity index (χ2n) is 5.42. The van der Waals surface area contributed by atoms with Crippen molar-refractivity contribution in [1.82, 2.24) is 0 Å². The van der Waals surface area contributed by atoms with E-state index in [1.165, 1.54) is 5.57 Å². The lowest BCUT2D eigenvalue weighted by Gasteiger charge is -2.13. The predicted molar refractivity (Wildman–Crippen MR) is 68.9 cm³/mol. The molecule has 3 heteroatoms. The molecule has 1 aliphatic carbocycles. The summed E-state index contributed by atoms with van der Waals surface area (Å²) in [6.07, 6.45) is 5.22. The summed E-state index contributed by atoms with van der Waals surface area (Å²) in [5.74, 6) is 0.537. The van der Waals surface area contributed by atoms with Gasteiger partial charge >= 0.3 is 5.97 Å². The maximum Gasteiger partial charge on any atom is 0.334 e. The fourth-order valence-electron chi connectivity index (χ4n) is 2.76. The molecule has 2 aliphatic rings. The van der Waals surface area contributed by atoms with Crippen LogP contribution >= 0.6 is 0 Å². The molecule has 1 saturated heterocycles. The second kappa shape index (κ2) is 5.09. The van der Waals surface area contributed by atoms with Crippen LogP contribution in [0.3, 0.4) is 0 Å². The number of fused-ring (bicyclic) bond motifs is 1. The Labute approximate surface area is 108 Å². The zero-order valence-corrected chi connectivity index (χ0v) is 11.1. The van der Waals surface area contributed by atoms with Crippen molar-refractivity contribution in [3.05, 3.63) is 23.8 Å². The third kappa shape index (κ3) is 2.55. The third-order valence-electron chi connectivity index (χ3n) is 4.04. The predicted octanol–water partition coefficient (Wildman–Crippen LogP) is 2.81. The standard InChI is InChI=1S/C15H20O3/c1-9-4-7-13-11(3)15(17)18-14(13)8-12(9)6-5-10(2)16/h8-9,13-14H,3-7H2,1-2H3. The van der Waals surface area contributed by atoms with Gasteiger partial charge in [0.2, 0.25) is 0 Å². The van der Waals surface area contributed by atoms with E-state index in [0.29, 0.717) is 17.9 Å². The highest BCUT2D eigenvalue weighted by Gasteiger charge is 2.39. The maximum atomic E-state index is 11.5. The Morgan fingerprint density at radius 3 is 2.89 bits per heavy atom. The van der Waals surface area contributed by atoms with Crippen molar-refractivity contribution < 1.29 is 14.3 Å². The van der Waals surface area contributed by atoms with Crippen LogP contribution < -0.4 is 0 Å². The van der Waals surface area contributed by atoms with Gasteiger partial charge in [-0.1, -0.05) is 19.1 Å². The highest BCUT2D eigenvalue weighted by molar-refractivity contribution is 5.91. The van der Waals surface area contributed by atoms with Crippen LogP contribution in [-0.2, 0) is 14.3 Å². The summed E-state index contributed by atoms with van der Waals surface area (Å²) < 4.78 is 5.34. The van der Waals surface area contributed by atoms with Gasteiger partial charge in [-0.05, 0) is 38.2 Å². The first-order valence-corrected chi connectivity index (χ1v) is 6.59. The van der Waals surface area contributed by atoms with Gasteiger partial charge in [-0.25, -0.2) is 4.79 Å². The minimum absolute atomic E-state index is 0.134. The molecular formula is C15H20O3. The summed E-state index contributed by atoms with van der Waals surface area (Å²) in [7, 11) is 0. The van der Waals surface area contributed by atoms with Gasteiger partial charge in [-0.15, -0.1) is 0 Å². The molecule has 0 aromatic carbocycles. The Bertz CT molecular complexity index is 419. The van der Waals surface area contributed by atoms with Gasteiger partial charge in [0, 0.05) is 17.9 Å². The molecule has 18 heavy (non-hydrogen) atoms. The number of hydrogen-bond donors (Lipinski definition) is 0. The molecule has 1 aliphatic heterocycles. The fraction of sp³-hybridized carbons (Fsp3) is 0.600. The lowest BCUT2D eigenvalue weighted by atomic mass is 9.91. The summed E-state index contributed by atoms with van der Waals surface area (Å²) in [5, 5.41) is 0. The largest absolute Gasteiger partial charge is 0.454 e. The Morgan fingerprint density at radius 2 is 2.22 bits per heavy atom. The summed E-state index contributed by atoms with van der Waals surface area (Å²) in [6.45, 7) is 7.62. The van der Waals surface area contributed by atoms with Crippen LogP contribution in [0.2, 0.25) is 0 Å². The minimum atomic E-state index is -0.262. The SMILES string of the molecule is C=C1C(=O)OC2C=C(CCC(C)=O)C(C)CCC12. The lowest BCUT2D eigenvalue weighted by Crippen LogP contribution is -2.12. The van der Waals surface area contributed by atoms with Gasteiger partial charge in [0.1, 0.15) is 11.9 Å². The number of esters is 1. The molecule has 0 N–H and O–H groups in total. The van der Waals surface area contributed by atoms with Crippen LogP contribution in [0.15, 0.2) is 23.8 Å². The molecule has 1 fully saturated rings. The zero-order chi connectivity index (χ0) is 13.3. The molecule has 2 rings (SSSR count). The summed E-state index contributed by atoms with van der Waals surface area (Å²) in [6, 6.07) is 0. The van der Waals surface area contributed by atoms with E-state index in [-0.39, 0.29) is 23.8 Å². The molecule has 0 aromatic rings. The molecule has 0 bridgehead atoms. The van der Waals surface area contributed by atoms with Gasteiger partial charge in [-0.3, -0.25) is 0 Å². The van der Waals surface area contributed by atoms with E-state index in [9.17, 15) is 9.59 Å². The average Bonchev–Trinajstić information content (AvgIpc) is 2.47. The van der Waals surface area contributed by atoms with Crippen molar-refractivity contribution in [3.8, 4) is 0 Å². The first kappa shape index (κ1) is 13.1. The van der Waals surface area contributed by atoms with Crippen molar-refractivity contribution >= 4 is 11.8 Å². The van der Waals surface area contributed by atoms with E-state index in [1.54, 1.807) is 6.92 Å². The number of allylic oxidation sites excluding steroid dienone is 1. The van der Waals surface area contributed by atoms with Gasteiger partial charge in [-0.2, -0.15) is 0 Å². The molecular weight excluding hydrogens is 228 g/mol. The van der Waals surface area contributed by atoms with E-state index in [2.05, 4.69) is 19.6 Å². The summed E-state index contributed by atoms with van der Waals surface area (Å²) in [5.41, 5.74) is 1.86. The van der Waals surface area contributed by atoms with E-state index in [4.69, 9.17) is 4.74 Å². The number of ether oxygens (including phenoxy) is 1. The van der Waals surface area contributed by atoms with Gasteiger partial charge in [0.05, 0.1) is 0 Å². The topological polar surface area (TPSA) is 43.4 Å². The van der Waals surface area contributed by atoms with Gasteiger partial charge in [0.15, 0.2) is 0 Å². The number of carbonyl (C=O) groups is 2. The Hall–Kier alpha value is -1.38. The normalized spacial score (nSPS) is 31.4. The average molecular weight is 248 g/mol. The van der Waals surface area contributed by atoms with Crippen molar-refractivity contribution in [2.24, 2.45) is 11.8 Å². The minimum Gasteiger partial charge on any atom is -0.454 e. The monoisotopic (exact) mass is 248 g/mol. The number of Topliss-reactive ketones (excluding diaryl/α,β-unsaturated/α-hetero) is 1. The van der Waals surface area contributed by atoms with Crippen molar-refractivity contribution in [1.29, 1.82) is 0 Å². The molecule has 3 unspecified atom stereocenters. The van der Waals surface area contributed by atoms with Crippen LogP contribution in [0, 0.1) is 11.8 Å². The number of ketones is 1. The van der Waals surface area contributed by atoms with E-state index < -0.39 is 0 Å². The summed E-state index contributed by atoms with van der Waals surface area (Å²) in [4.78, 5) is 22.6. The molecule has 0 spiro atoms. The maximum absolute atomic E-state index is 11.5. The number of rotatable bonds is 3. The quantitative estimate of drug-likeness (QED) is 0.438. The van der Waals surface area contributed by atoms with Crippen LogP contribution in [0.5, 0.6) is 0 Å². The molecule has 3 nitrogen and oxygen atoms in total. The Morgan fingerprint density at radius 1 is 1.50 bits per heavy atom. The van der Waals surface area contributed by atoms with E-state index >= 15 is 0 Å². The highest BCUT2D eigenvalue weighted by Crippen LogP contribution is 2.38. The van der Waals surface area contributed by atoms with Gasteiger partial charge < -0.3 is 9.53 Å². The van der Waals surface area contributed by atoms with Gasteiger partial charge in [0.25, 0.3) is 0 Å². The third-order valence-corrected chi connectivity index (χ3v) is 4.04. The molecule has 3 atom stereocenters. The zero-order valence-electron chi connectivity index (χ0n) is 11.1. The second-order valence-corrected chi connectivity index (χ2v) is 5.42. The first-order valence-electron chi connectivity index (χ1n) is 6.59.